The van der Waals surface area contributed by atoms with Crippen LogP contribution in [-0.2, 0) is 16.4 Å². The van der Waals surface area contributed by atoms with Gasteiger partial charge in [-0.15, -0.1) is 0 Å². The molecule has 0 aliphatic heterocycles. The molecule has 1 heterocycles. The van der Waals surface area contributed by atoms with Crippen LogP contribution in [0, 0.1) is 5.92 Å². The van der Waals surface area contributed by atoms with E-state index in [1.807, 2.05) is 13.8 Å². The maximum Gasteiger partial charge on any atom is 0.182 e. The average Bonchev–Trinajstić information content (AvgIpc) is 2.91. The molecule has 18 heavy (non-hydrogen) atoms. The van der Waals surface area contributed by atoms with Gasteiger partial charge in [0.05, 0.1) is 0 Å². The van der Waals surface area contributed by atoms with Crippen LogP contribution in [0.2, 0.25) is 0 Å². The van der Waals surface area contributed by atoms with Crippen LogP contribution < -0.4 is 11.1 Å². The molecule has 0 spiro atoms. The van der Waals surface area contributed by atoms with Crippen molar-refractivity contribution in [1.82, 2.24) is 9.78 Å². The van der Waals surface area contributed by atoms with Crippen LogP contribution in [0.4, 0.5) is 11.6 Å². The number of hydrogen-bond acceptors (Lipinski definition) is 5. The molecule has 0 bridgehead atoms. The summed E-state index contributed by atoms with van der Waals surface area (Å²) in [7, 11) is -3.37. The number of nitrogens with one attached hydrogen (secondary N) is 1. The first-order chi connectivity index (χ1) is 8.29. The third-order valence-electron chi connectivity index (χ3n) is 2.77. The molecule has 1 aliphatic rings. The lowest BCUT2D eigenvalue weighted by molar-refractivity contribution is 0.489. The number of nitrogens with zero attached hydrogens (tertiary/aromatic N) is 2. The van der Waals surface area contributed by atoms with Crippen LogP contribution in [0.1, 0.15) is 26.7 Å². The molecule has 0 aromatic carbocycles. The summed E-state index contributed by atoms with van der Waals surface area (Å²) >= 11 is 0. The van der Waals surface area contributed by atoms with Crippen molar-refractivity contribution in [2.24, 2.45) is 5.92 Å². The first-order valence-corrected chi connectivity index (χ1v) is 8.01. The Balaban J connectivity index is 2.42. The summed E-state index contributed by atoms with van der Waals surface area (Å²) < 4.78 is 25.2. The number of rotatable bonds is 5. The normalized spacial score (nSPS) is 16.2. The van der Waals surface area contributed by atoms with E-state index in [4.69, 9.17) is 5.73 Å². The van der Waals surface area contributed by atoms with E-state index in [1.54, 1.807) is 4.68 Å². The van der Waals surface area contributed by atoms with E-state index in [0.717, 1.165) is 19.1 Å². The Morgan fingerprint density at radius 2 is 2.11 bits per heavy atom. The highest BCUT2D eigenvalue weighted by molar-refractivity contribution is 7.91. The number of anilines is 2. The monoisotopic (exact) mass is 272 g/mol. The molecule has 1 saturated carbocycles. The van der Waals surface area contributed by atoms with Gasteiger partial charge in [-0.05, 0) is 18.8 Å². The topological polar surface area (TPSA) is 90.0 Å². The predicted octanol–water partition coefficient (Wildman–Crippen LogP) is 1.10. The lowest BCUT2D eigenvalue weighted by Crippen LogP contribution is -2.10. The Morgan fingerprint density at radius 3 is 2.56 bits per heavy atom. The minimum absolute atomic E-state index is 0.134. The molecule has 7 heteroatoms. The van der Waals surface area contributed by atoms with Gasteiger partial charge in [-0.3, -0.25) is 0 Å². The maximum absolute atomic E-state index is 11.8. The van der Waals surface area contributed by atoms with Gasteiger partial charge in [-0.1, -0.05) is 13.8 Å². The molecule has 1 aliphatic carbocycles. The lowest BCUT2D eigenvalue weighted by Gasteiger charge is -2.06. The summed E-state index contributed by atoms with van der Waals surface area (Å²) in [5.74, 6) is 0.987. The second kappa shape index (κ2) is 4.46. The van der Waals surface area contributed by atoms with Gasteiger partial charge < -0.3 is 11.1 Å². The molecule has 1 aromatic rings. The minimum atomic E-state index is -3.37. The summed E-state index contributed by atoms with van der Waals surface area (Å²) in [6.45, 7) is 4.69. The summed E-state index contributed by atoms with van der Waals surface area (Å²) in [6, 6.07) is 0.340. The molecule has 0 amide bonds. The van der Waals surface area contributed by atoms with Crippen molar-refractivity contribution in [1.29, 1.82) is 0 Å². The lowest BCUT2D eigenvalue weighted by atomic mass is 10.2. The molecule has 102 valence electrons. The largest absolute Gasteiger partial charge is 0.383 e. The first kappa shape index (κ1) is 13.2. The van der Waals surface area contributed by atoms with Crippen LogP contribution in [-0.4, -0.2) is 30.5 Å². The Morgan fingerprint density at radius 1 is 1.50 bits per heavy atom. The number of nitrogen functional groups attached to an aromatic ring is 1. The third kappa shape index (κ3) is 2.77. The van der Waals surface area contributed by atoms with Crippen molar-refractivity contribution < 1.29 is 8.42 Å². The third-order valence-corrected chi connectivity index (χ3v) is 3.92. The highest BCUT2D eigenvalue weighted by Crippen LogP contribution is 2.32. The molecule has 0 atom stereocenters. The summed E-state index contributed by atoms with van der Waals surface area (Å²) in [4.78, 5) is 0.134. The number of nitrogens with two attached hydrogens (primary N) is 1. The van der Waals surface area contributed by atoms with Crippen molar-refractivity contribution >= 4 is 21.5 Å². The fourth-order valence-electron chi connectivity index (χ4n) is 1.82. The van der Waals surface area contributed by atoms with Crippen molar-refractivity contribution in [3.8, 4) is 0 Å². The first-order valence-electron chi connectivity index (χ1n) is 6.12. The smallest absolute Gasteiger partial charge is 0.182 e. The van der Waals surface area contributed by atoms with Crippen LogP contribution in [0.15, 0.2) is 4.90 Å². The van der Waals surface area contributed by atoms with E-state index in [-0.39, 0.29) is 10.7 Å². The van der Waals surface area contributed by atoms with Gasteiger partial charge in [0.15, 0.2) is 20.6 Å². The molecule has 2 rings (SSSR count). The Labute approximate surface area is 107 Å². The van der Waals surface area contributed by atoms with E-state index in [2.05, 4.69) is 10.4 Å². The standard InChI is InChI=1S/C11H20N4O2S/c1-7(2)6-15-10(12)9(18(3,16)17)11(14-15)13-8-4-5-8/h7-8H,4-6,12H2,1-3H3,(H,13,14). The van der Waals surface area contributed by atoms with Crippen molar-refractivity contribution in [2.75, 3.05) is 17.3 Å². The molecule has 0 unspecified atom stereocenters. The molecule has 1 fully saturated rings. The molecular formula is C11H20N4O2S. The highest BCUT2D eigenvalue weighted by Gasteiger charge is 2.29. The van der Waals surface area contributed by atoms with E-state index in [9.17, 15) is 8.42 Å². The maximum atomic E-state index is 11.8. The second-order valence-electron chi connectivity index (χ2n) is 5.33. The molecule has 3 N–H and O–H groups in total. The fraction of sp³-hybridized carbons (Fsp3) is 0.727. The summed E-state index contributed by atoms with van der Waals surface area (Å²) in [5.41, 5.74) is 5.92. The van der Waals surface area contributed by atoms with Crippen LogP contribution in [0.3, 0.4) is 0 Å². The Kier molecular flexibility index (Phi) is 3.27. The van der Waals surface area contributed by atoms with Crippen LogP contribution in [0.5, 0.6) is 0 Å². The molecule has 0 radical (unpaired) electrons. The van der Waals surface area contributed by atoms with Crippen molar-refractivity contribution in [3.05, 3.63) is 0 Å². The zero-order valence-corrected chi connectivity index (χ0v) is 11.8. The fourth-order valence-corrected chi connectivity index (χ4v) is 2.76. The van der Waals surface area contributed by atoms with Gasteiger partial charge in [0.25, 0.3) is 0 Å². The number of hydrogen-bond donors (Lipinski definition) is 2. The highest BCUT2D eigenvalue weighted by atomic mass is 32.2. The SMILES string of the molecule is CC(C)Cn1nc(NC2CC2)c(S(C)(=O)=O)c1N. The number of aromatic nitrogens is 2. The zero-order valence-electron chi connectivity index (χ0n) is 11.0. The summed E-state index contributed by atoms with van der Waals surface area (Å²) in [6.07, 6.45) is 3.28. The van der Waals surface area contributed by atoms with Crippen molar-refractivity contribution in [3.63, 3.8) is 0 Å². The van der Waals surface area contributed by atoms with E-state index < -0.39 is 9.84 Å². The van der Waals surface area contributed by atoms with Gasteiger partial charge in [0, 0.05) is 18.8 Å². The van der Waals surface area contributed by atoms with Gasteiger partial charge in [-0.2, -0.15) is 5.10 Å². The van der Waals surface area contributed by atoms with Gasteiger partial charge >= 0.3 is 0 Å². The predicted molar refractivity (Wildman–Crippen MR) is 71.2 cm³/mol. The Bertz CT molecular complexity index is 544. The molecule has 6 nitrogen and oxygen atoms in total. The molecular weight excluding hydrogens is 252 g/mol. The zero-order chi connectivity index (χ0) is 13.5. The molecule has 1 aromatic heterocycles. The van der Waals surface area contributed by atoms with E-state index >= 15 is 0 Å². The molecule has 0 saturated heterocycles. The number of sulfone groups is 1. The van der Waals surface area contributed by atoms with Gasteiger partial charge in [-0.25, -0.2) is 13.1 Å². The quantitative estimate of drug-likeness (QED) is 0.837. The van der Waals surface area contributed by atoms with E-state index in [1.165, 1.54) is 0 Å². The minimum Gasteiger partial charge on any atom is -0.383 e. The van der Waals surface area contributed by atoms with E-state index in [0.29, 0.717) is 24.3 Å². The average molecular weight is 272 g/mol. The van der Waals surface area contributed by atoms with Gasteiger partial charge in [0.1, 0.15) is 5.82 Å². The van der Waals surface area contributed by atoms with Crippen molar-refractivity contribution in [2.45, 2.75) is 44.2 Å². The van der Waals surface area contributed by atoms with Crippen LogP contribution >= 0.6 is 0 Å². The summed E-state index contributed by atoms with van der Waals surface area (Å²) in [5, 5.41) is 7.43. The van der Waals surface area contributed by atoms with Crippen LogP contribution in [0.25, 0.3) is 0 Å². The second-order valence-corrected chi connectivity index (χ2v) is 7.28. The Hall–Kier alpha value is -1.24. The van der Waals surface area contributed by atoms with Gasteiger partial charge in [0.2, 0.25) is 0 Å².